The molecule has 2 saturated carbocycles. The van der Waals surface area contributed by atoms with Gasteiger partial charge in [0.1, 0.15) is 0 Å². The number of carboxylic acids is 1. The van der Waals surface area contributed by atoms with Crippen LogP contribution in [0.2, 0.25) is 0 Å². The number of nitrogens with one attached hydrogen (secondary N) is 1. The number of carboxylic acid groups (broad SMARTS) is 1. The van der Waals surface area contributed by atoms with E-state index in [1.54, 1.807) is 0 Å². The molecule has 2 N–H and O–H groups in total. The summed E-state index contributed by atoms with van der Waals surface area (Å²) >= 11 is 0. The number of carbonyl (C=O) groups excluding carboxylic acids is 1. The predicted molar refractivity (Wildman–Crippen MR) is 64.6 cm³/mol. The summed E-state index contributed by atoms with van der Waals surface area (Å²) in [7, 11) is 0. The molecule has 2 rings (SSSR count). The molecule has 2 aliphatic carbocycles. The Bertz CT molecular complexity index is 312. The van der Waals surface area contributed by atoms with Crippen LogP contribution in [0, 0.1) is 11.8 Å². The fraction of sp³-hybridized carbons (Fsp3) is 0.846. The zero-order valence-corrected chi connectivity index (χ0v) is 10.6. The second-order valence-electron chi connectivity index (χ2n) is 5.33. The summed E-state index contributed by atoms with van der Waals surface area (Å²) < 4.78 is 0. The van der Waals surface area contributed by atoms with Crippen LogP contribution >= 0.6 is 0 Å². The van der Waals surface area contributed by atoms with E-state index < -0.39 is 17.8 Å². The first-order chi connectivity index (χ1) is 8.68. The lowest BCUT2D eigenvalue weighted by molar-refractivity contribution is -0.155. The van der Waals surface area contributed by atoms with Crippen LogP contribution in [0.3, 0.4) is 0 Å². The van der Waals surface area contributed by atoms with Gasteiger partial charge in [0.2, 0.25) is 5.91 Å². The minimum atomic E-state index is -0.865. The largest absolute Gasteiger partial charge is 0.481 e. The molecule has 5 nitrogen and oxygen atoms in total. The van der Waals surface area contributed by atoms with Crippen LogP contribution in [-0.2, 0) is 14.4 Å². The summed E-state index contributed by atoms with van der Waals surface area (Å²) in [5, 5.41) is 9.12. The second-order valence-corrected chi connectivity index (χ2v) is 5.33. The topological polar surface area (TPSA) is 75.6 Å². The first kappa shape index (κ1) is 13.3. The standard InChI is InChI=1S/C13H21NO4/c15-12(14-18-9-5-1-2-6-9)10-7-3-4-8-11(10)13(16)17/h9-11H,1-8H2,(H,14,15)(H,16,17)/t10-,11+/m1/s1. The Kier molecular flexibility index (Phi) is 4.58. The number of amides is 1. The van der Waals surface area contributed by atoms with Crippen molar-refractivity contribution in [2.75, 3.05) is 0 Å². The minimum absolute atomic E-state index is 0.112. The maximum Gasteiger partial charge on any atom is 0.307 e. The van der Waals surface area contributed by atoms with Crippen LogP contribution in [0.5, 0.6) is 0 Å². The molecule has 0 unspecified atom stereocenters. The first-order valence-electron chi connectivity index (χ1n) is 6.87. The molecule has 0 aromatic heterocycles. The smallest absolute Gasteiger partial charge is 0.307 e. The maximum absolute atomic E-state index is 12.0. The summed E-state index contributed by atoms with van der Waals surface area (Å²) in [5.41, 5.74) is 2.48. The van der Waals surface area contributed by atoms with Gasteiger partial charge in [-0.25, -0.2) is 5.48 Å². The van der Waals surface area contributed by atoms with Crippen molar-refractivity contribution in [3.63, 3.8) is 0 Å². The quantitative estimate of drug-likeness (QED) is 0.752. The lowest BCUT2D eigenvalue weighted by atomic mass is 9.79. The third kappa shape index (κ3) is 3.22. The number of hydrogen-bond donors (Lipinski definition) is 2. The molecule has 2 aliphatic rings. The average molecular weight is 255 g/mol. The summed E-state index contributed by atoms with van der Waals surface area (Å²) in [6, 6.07) is 0. The Labute approximate surface area is 107 Å². The summed E-state index contributed by atoms with van der Waals surface area (Å²) in [5.74, 6) is -2.10. The average Bonchev–Trinajstić information content (AvgIpc) is 2.89. The Morgan fingerprint density at radius 3 is 2.11 bits per heavy atom. The fourth-order valence-electron chi connectivity index (χ4n) is 2.96. The Morgan fingerprint density at radius 1 is 0.944 bits per heavy atom. The van der Waals surface area contributed by atoms with Crippen molar-refractivity contribution < 1.29 is 19.5 Å². The molecule has 0 heterocycles. The Hall–Kier alpha value is -1.10. The number of aliphatic carboxylic acids is 1. The van der Waals surface area contributed by atoms with E-state index in [0.717, 1.165) is 38.5 Å². The molecule has 0 saturated heterocycles. The van der Waals surface area contributed by atoms with E-state index in [2.05, 4.69) is 5.48 Å². The van der Waals surface area contributed by atoms with Crippen LogP contribution in [0.15, 0.2) is 0 Å². The highest BCUT2D eigenvalue weighted by molar-refractivity contribution is 5.84. The zero-order valence-electron chi connectivity index (χ0n) is 10.6. The van der Waals surface area contributed by atoms with E-state index >= 15 is 0 Å². The van der Waals surface area contributed by atoms with Crippen LogP contribution in [0.25, 0.3) is 0 Å². The molecule has 0 aromatic carbocycles. The minimum Gasteiger partial charge on any atom is -0.481 e. The van der Waals surface area contributed by atoms with Crippen molar-refractivity contribution >= 4 is 11.9 Å². The molecule has 2 fully saturated rings. The van der Waals surface area contributed by atoms with E-state index in [1.165, 1.54) is 0 Å². The molecule has 2 atom stereocenters. The lowest BCUT2D eigenvalue weighted by Crippen LogP contribution is -2.40. The highest BCUT2D eigenvalue weighted by Crippen LogP contribution is 2.30. The molecule has 1 amide bonds. The van der Waals surface area contributed by atoms with Crippen LogP contribution in [0.4, 0.5) is 0 Å². The number of carbonyl (C=O) groups is 2. The molecule has 0 aliphatic heterocycles. The number of hydroxylamine groups is 1. The predicted octanol–water partition coefficient (Wildman–Crippen LogP) is 1.87. The van der Waals surface area contributed by atoms with E-state index in [9.17, 15) is 9.59 Å². The van der Waals surface area contributed by atoms with Crippen LogP contribution < -0.4 is 5.48 Å². The normalized spacial score (nSPS) is 29.1. The van der Waals surface area contributed by atoms with Crippen molar-refractivity contribution in [2.45, 2.75) is 57.5 Å². The number of hydrogen-bond acceptors (Lipinski definition) is 3. The van der Waals surface area contributed by atoms with Gasteiger partial charge in [-0.05, 0) is 25.7 Å². The lowest BCUT2D eigenvalue weighted by Gasteiger charge is -2.27. The van der Waals surface area contributed by atoms with Crippen molar-refractivity contribution in [3.8, 4) is 0 Å². The van der Waals surface area contributed by atoms with E-state index in [4.69, 9.17) is 9.94 Å². The van der Waals surface area contributed by atoms with Crippen LogP contribution in [0.1, 0.15) is 51.4 Å². The highest BCUT2D eigenvalue weighted by atomic mass is 16.7. The highest BCUT2D eigenvalue weighted by Gasteiger charge is 2.36. The van der Waals surface area contributed by atoms with Gasteiger partial charge < -0.3 is 5.11 Å². The van der Waals surface area contributed by atoms with Gasteiger partial charge in [-0.1, -0.05) is 25.7 Å². The van der Waals surface area contributed by atoms with Crippen LogP contribution in [-0.4, -0.2) is 23.1 Å². The summed E-state index contributed by atoms with van der Waals surface area (Å²) in [6.07, 6.45) is 7.41. The summed E-state index contributed by atoms with van der Waals surface area (Å²) in [4.78, 5) is 28.4. The molecular weight excluding hydrogens is 234 g/mol. The van der Waals surface area contributed by atoms with Gasteiger partial charge in [-0.3, -0.25) is 14.4 Å². The molecule has 0 aromatic rings. The van der Waals surface area contributed by atoms with E-state index in [1.807, 2.05) is 0 Å². The van der Waals surface area contributed by atoms with Gasteiger partial charge in [0.05, 0.1) is 17.9 Å². The molecule has 0 radical (unpaired) electrons. The maximum atomic E-state index is 12.0. The van der Waals surface area contributed by atoms with Gasteiger partial charge in [-0.2, -0.15) is 0 Å². The van der Waals surface area contributed by atoms with E-state index in [0.29, 0.717) is 12.8 Å². The fourth-order valence-corrected chi connectivity index (χ4v) is 2.96. The Balaban J connectivity index is 1.83. The van der Waals surface area contributed by atoms with Crippen molar-refractivity contribution in [2.24, 2.45) is 11.8 Å². The molecule has 102 valence electrons. The van der Waals surface area contributed by atoms with Crippen molar-refractivity contribution in [1.29, 1.82) is 0 Å². The monoisotopic (exact) mass is 255 g/mol. The number of rotatable bonds is 4. The SMILES string of the molecule is O=C(O)[C@H]1CCCC[C@H]1C(=O)NOC1CCCC1. The third-order valence-corrected chi connectivity index (χ3v) is 4.05. The zero-order chi connectivity index (χ0) is 13.0. The molecule has 0 bridgehead atoms. The second kappa shape index (κ2) is 6.18. The van der Waals surface area contributed by atoms with Crippen molar-refractivity contribution in [3.05, 3.63) is 0 Å². The molecule has 0 spiro atoms. The summed E-state index contributed by atoms with van der Waals surface area (Å²) in [6.45, 7) is 0. The molecular formula is C13H21NO4. The first-order valence-corrected chi connectivity index (χ1v) is 6.87. The van der Waals surface area contributed by atoms with Gasteiger partial charge in [0.15, 0.2) is 0 Å². The van der Waals surface area contributed by atoms with E-state index in [-0.39, 0.29) is 12.0 Å². The van der Waals surface area contributed by atoms with Gasteiger partial charge in [0, 0.05) is 0 Å². The Morgan fingerprint density at radius 2 is 1.50 bits per heavy atom. The van der Waals surface area contributed by atoms with Gasteiger partial charge in [0.25, 0.3) is 0 Å². The van der Waals surface area contributed by atoms with Gasteiger partial charge in [-0.15, -0.1) is 0 Å². The van der Waals surface area contributed by atoms with Crippen molar-refractivity contribution in [1.82, 2.24) is 5.48 Å². The third-order valence-electron chi connectivity index (χ3n) is 4.05. The van der Waals surface area contributed by atoms with Gasteiger partial charge >= 0.3 is 5.97 Å². The molecule has 18 heavy (non-hydrogen) atoms. The molecule has 5 heteroatoms.